The zero-order valence-electron chi connectivity index (χ0n) is 9.58. The van der Waals surface area contributed by atoms with Gasteiger partial charge in [0.25, 0.3) is 6.43 Å². The maximum absolute atomic E-state index is 12.6. The van der Waals surface area contributed by atoms with E-state index in [2.05, 4.69) is 0 Å². The molecule has 5 heteroatoms. The highest BCUT2D eigenvalue weighted by Crippen LogP contribution is 2.34. The van der Waals surface area contributed by atoms with Gasteiger partial charge in [-0.15, -0.1) is 0 Å². The number of hydrogen-bond donors (Lipinski definition) is 2. The highest BCUT2D eigenvalue weighted by Gasteiger charge is 2.19. The van der Waals surface area contributed by atoms with Crippen molar-refractivity contribution in [3.05, 3.63) is 28.8 Å². The molecule has 2 N–H and O–H groups in total. The minimum atomic E-state index is -2.77. The summed E-state index contributed by atoms with van der Waals surface area (Å²) in [6.07, 6.45) is -2.90. The maximum atomic E-state index is 12.6. The van der Waals surface area contributed by atoms with Gasteiger partial charge in [-0.1, -0.05) is 13.0 Å². The Morgan fingerprint density at radius 2 is 2.00 bits per heavy atom. The standard InChI is InChI=1S/C12H14F2O3/c1-6(4-10(15)16)8-3-7(2)11(17)9(5-8)12(13)14/h3,5-6,12,17H,4H2,1-2H3,(H,15,16). The van der Waals surface area contributed by atoms with Crippen molar-refractivity contribution < 1.29 is 23.8 Å². The van der Waals surface area contributed by atoms with E-state index in [-0.39, 0.29) is 12.3 Å². The molecule has 0 fully saturated rings. The van der Waals surface area contributed by atoms with Crippen molar-refractivity contribution in [2.24, 2.45) is 0 Å². The van der Waals surface area contributed by atoms with Crippen LogP contribution < -0.4 is 0 Å². The number of phenols is 1. The van der Waals surface area contributed by atoms with Gasteiger partial charge in [0.15, 0.2) is 0 Å². The van der Waals surface area contributed by atoms with Crippen molar-refractivity contribution >= 4 is 5.97 Å². The van der Waals surface area contributed by atoms with Crippen LogP contribution in [0.5, 0.6) is 5.75 Å². The summed E-state index contributed by atoms with van der Waals surface area (Å²) in [6.45, 7) is 3.16. The minimum absolute atomic E-state index is 0.132. The fourth-order valence-corrected chi connectivity index (χ4v) is 1.67. The molecule has 1 atom stereocenters. The third-order valence-electron chi connectivity index (χ3n) is 2.64. The largest absolute Gasteiger partial charge is 0.507 e. The zero-order chi connectivity index (χ0) is 13.2. The van der Waals surface area contributed by atoms with E-state index in [4.69, 9.17) is 5.11 Å². The molecule has 1 aromatic carbocycles. The lowest BCUT2D eigenvalue weighted by molar-refractivity contribution is -0.137. The minimum Gasteiger partial charge on any atom is -0.507 e. The van der Waals surface area contributed by atoms with E-state index in [9.17, 15) is 18.7 Å². The number of aliphatic carboxylic acids is 1. The third kappa shape index (κ3) is 3.15. The lowest BCUT2D eigenvalue weighted by atomic mass is 9.93. The molecule has 1 unspecified atom stereocenters. The molecule has 17 heavy (non-hydrogen) atoms. The first-order valence-corrected chi connectivity index (χ1v) is 5.16. The number of rotatable bonds is 4. The molecule has 0 radical (unpaired) electrons. The van der Waals surface area contributed by atoms with Crippen LogP contribution in [-0.4, -0.2) is 16.2 Å². The Balaban J connectivity index is 3.14. The molecule has 0 heterocycles. The van der Waals surface area contributed by atoms with E-state index in [0.717, 1.165) is 0 Å². The summed E-state index contributed by atoms with van der Waals surface area (Å²) in [5, 5.41) is 18.1. The summed E-state index contributed by atoms with van der Waals surface area (Å²) in [7, 11) is 0. The fourth-order valence-electron chi connectivity index (χ4n) is 1.67. The summed E-state index contributed by atoms with van der Waals surface area (Å²) in [6, 6.07) is 2.70. The second kappa shape index (κ2) is 5.12. The van der Waals surface area contributed by atoms with Crippen molar-refractivity contribution in [3.63, 3.8) is 0 Å². The Bertz CT molecular complexity index is 430. The van der Waals surface area contributed by atoms with Gasteiger partial charge >= 0.3 is 5.97 Å². The van der Waals surface area contributed by atoms with E-state index in [1.807, 2.05) is 0 Å². The molecule has 3 nitrogen and oxygen atoms in total. The number of alkyl halides is 2. The Kier molecular flexibility index (Phi) is 4.04. The van der Waals surface area contributed by atoms with Gasteiger partial charge in [0.05, 0.1) is 12.0 Å². The second-order valence-electron chi connectivity index (χ2n) is 4.08. The molecule has 1 aromatic rings. The predicted octanol–water partition coefficient (Wildman–Crippen LogP) is 3.22. The van der Waals surface area contributed by atoms with Crippen molar-refractivity contribution in [2.45, 2.75) is 32.6 Å². The summed E-state index contributed by atoms with van der Waals surface area (Å²) < 4.78 is 25.3. The van der Waals surface area contributed by atoms with Gasteiger partial charge in [0.2, 0.25) is 0 Å². The summed E-state index contributed by atoms with van der Waals surface area (Å²) >= 11 is 0. The number of benzene rings is 1. The number of carboxylic acid groups (broad SMARTS) is 1. The van der Waals surface area contributed by atoms with Gasteiger partial charge in [-0.2, -0.15) is 0 Å². The Labute approximate surface area is 97.7 Å². The van der Waals surface area contributed by atoms with E-state index in [1.54, 1.807) is 6.92 Å². The van der Waals surface area contributed by atoms with Crippen LogP contribution in [0, 0.1) is 6.92 Å². The molecule has 94 valence electrons. The van der Waals surface area contributed by atoms with Crippen LogP contribution in [0.15, 0.2) is 12.1 Å². The monoisotopic (exact) mass is 244 g/mol. The lowest BCUT2D eigenvalue weighted by Crippen LogP contribution is -2.04. The van der Waals surface area contributed by atoms with Crippen LogP contribution in [0.3, 0.4) is 0 Å². The predicted molar refractivity (Wildman–Crippen MR) is 58.5 cm³/mol. The molecule has 1 rings (SSSR count). The van der Waals surface area contributed by atoms with E-state index < -0.39 is 23.7 Å². The van der Waals surface area contributed by atoms with E-state index in [1.165, 1.54) is 19.1 Å². The van der Waals surface area contributed by atoms with Gasteiger partial charge in [-0.05, 0) is 30.0 Å². The molecule has 0 amide bonds. The molecular formula is C12H14F2O3. The van der Waals surface area contributed by atoms with Crippen LogP contribution in [0.2, 0.25) is 0 Å². The molecule has 0 aromatic heterocycles. The first-order chi connectivity index (χ1) is 7.82. The SMILES string of the molecule is Cc1cc(C(C)CC(=O)O)cc(C(F)F)c1O. The summed E-state index contributed by atoms with van der Waals surface area (Å²) in [5.41, 5.74) is 0.380. The second-order valence-corrected chi connectivity index (χ2v) is 4.08. The van der Waals surface area contributed by atoms with Crippen molar-refractivity contribution in [3.8, 4) is 5.75 Å². The Morgan fingerprint density at radius 3 is 2.47 bits per heavy atom. The summed E-state index contributed by atoms with van der Waals surface area (Å²) in [4.78, 5) is 10.6. The lowest BCUT2D eigenvalue weighted by Gasteiger charge is -2.14. The number of phenolic OH excluding ortho intramolecular Hbond substituents is 1. The van der Waals surface area contributed by atoms with Gasteiger partial charge < -0.3 is 10.2 Å². The zero-order valence-corrected chi connectivity index (χ0v) is 9.58. The number of aryl methyl sites for hydroxylation is 1. The van der Waals surface area contributed by atoms with E-state index in [0.29, 0.717) is 11.1 Å². The number of halogens is 2. The third-order valence-corrected chi connectivity index (χ3v) is 2.64. The average molecular weight is 244 g/mol. The topological polar surface area (TPSA) is 57.5 Å². The van der Waals surface area contributed by atoms with Crippen molar-refractivity contribution in [1.29, 1.82) is 0 Å². The normalized spacial score (nSPS) is 12.8. The molecule has 0 aliphatic heterocycles. The molecule has 0 saturated carbocycles. The number of aromatic hydroxyl groups is 1. The highest BCUT2D eigenvalue weighted by atomic mass is 19.3. The van der Waals surface area contributed by atoms with E-state index >= 15 is 0 Å². The first kappa shape index (κ1) is 13.4. The quantitative estimate of drug-likeness (QED) is 0.854. The van der Waals surface area contributed by atoms with Gasteiger partial charge in [-0.25, -0.2) is 8.78 Å². The Morgan fingerprint density at radius 1 is 1.41 bits per heavy atom. The van der Waals surface area contributed by atoms with Crippen LogP contribution in [0.4, 0.5) is 8.78 Å². The smallest absolute Gasteiger partial charge is 0.303 e. The molecule has 0 aliphatic carbocycles. The fraction of sp³-hybridized carbons (Fsp3) is 0.417. The number of hydrogen-bond acceptors (Lipinski definition) is 2. The van der Waals surface area contributed by atoms with Crippen molar-refractivity contribution in [2.75, 3.05) is 0 Å². The van der Waals surface area contributed by atoms with Gasteiger partial charge in [0.1, 0.15) is 5.75 Å². The van der Waals surface area contributed by atoms with Crippen LogP contribution in [-0.2, 0) is 4.79 Å². The molecular weight excluding hydrogens is 230 g/mol. The van der Waals surface area contributed by atoms with Crippen LogP contribution in [0.1, 0.15) is 42.4 Å². The van der Waals surface area contributed by atoms with Crippen molar-refractivity contribution in [1.82, 2.24) is 0 Å². The average Bonchev–Trinajstić information content (AvgIpc) is 2.20. The summed E-state index contributed by atoms with van der Waals surface area (Å²) in [5.74, 6) is -1.78. The maximum Gasteiger partial charge on any atom is 0.303 e. The van der Waals surface area contributed by atoms with Gasteiger partial charge in [0, 0.05) is 0 Å². The van der Waals surface area contributed by atoms with Crippen LogP contribution in [0.25, 0.3) is 0 Å². The molecule has 0 aliphatic rings. The Hall–Kier alpha value is -1.65. The molecule has 0 spiro atoms. The number of carboxylic acids is 1. The first-order valence-electron chi connectivity index (χ1n) is 5.16. The molecule has 0 saturated heterocycles. The van der Waals surface area contributed by atoms with Gasteiger partial charge in [-0.3, -0.25) is 4.79 Å². The molecule has 0 bridgehead atoms. The number of carbonyl (C=O) groups is 1. The van der Waals surface area contributed by atoms with Crippen LogP contribution >= 0.6 is 0 Å². The highest BCUT2D eigenvalue weighted by molar-refractivity contribution is 5.68.